The number of aromatic amines is 1. The maximum atomic E-state index is 14.6. The summed E-state index contributed by atoms with van der Waals surface area (Å²) in [5, 5.41) is 14.7. The predicted octanol–water partition coefficient (Wildman–Crippen LogP) is 3.88. The van der Waals surface area contributed by atoms with E-state index in [1.807, 2.05) is 6.07 Å². The van der Waals surface area contributed by atoms with Crippen molar-refractivity contribution in [2.45, 2.75) is 13.5 Å². The predicted molar refractivity (Wildman–Crippen MR) is 104 cm³/mol. The van der Waals surface area contributed by atoms with E-state index in [0.29, 0.717) is 17.9 Å². The van der Waals surface area contributed by atoms with Crippen LogP contribution in [0.5, 0.6) is 5.88 Å². The minimum Gasteiger partial charge on any atom is -0.494 e. The third-order valence-corrected chi connectivity index (χ3v) is 4.56. The number of fused-ring (bicyclic) bond motifs is 1. The highest BCUT2D eigenvalue weighted by atomic mass is 19.1. The number of nitrogens with one attached hydrogen (secondary N) is 1. The van der Waals surface area contributed by atoms with Gasteiger partial charge in [-0.1, -0.05) is 30.3 Å². The zero-order chi connectivity index (χ0) is 20.5. The molecular weight excluding hydrogens is 380 g/mol. The smallest absolute Gasteiger partial charge is 0.283 e. The van der Waals surface area contributed by atoms with E-state index in [1.54, 1.807) is 31.2 Å². The number of rotatable bonds is 5. The quantitative estimate of drug-likeness (QED) is 0.536. The first-order valence-corrected chi connectivity index (χ1v) is 8.96. The summed E-state index contributed by atoms with van der Waals surface area (Å²) in [6.07, 6.45) is 0. The summed E-state index contributed by atoms with van der Waals surface area (Å²) in [6, 6.07) is 12.1. The van der Waals surface area contributed by atoms with Gasteiger partial charge in [-0.25, -0.2) is 8.78 Å². The van der Waals surface area contributed by atoms with Crippen molar-refractivity contribution in [3.63, 3.8) is 0 Å². The summed E-state index contributed by atoms with van der Waals surface area (Å²) in [5.41, 5.74) is 0.753. The van der Waals surface area contributed by atoms with Gasteiger partial charge in [0, 0.05) is 23.8 Å². The fourth-order valence-corrected chi connectivity index (χ4v) is 3.18. The van der Waals surface area contributed by atoms with Crippen molar-refractivity contribution in [3.8, 4) is 28.3 Å². The van der Waals surface area contributed by atoms with E-state index >= 15 is 0 Å². The van der Waals surface area contributed by atoms with Crippen LogP contribution in [0.25, 0.3) is 28.0 Å². The lowest BCUT2D eigenvalue weighted by molar-refractivity contribution is 0.130. The van der Waals surface area contributed by atoms with Gasteiger partial charge < -0.3 is 14.8 Å². The number of hydrogen-bond donors (Lipinski definition) is 2. The van der Waals surface area contributed by atoms with Gasteiger partial charge in [0.15, 0.2) is 0 Å². The van der Waals surface area contributed by atoms with Crippen LogP contribution < -0.4 is 5.56 Å². The minimum absolute atomic E-state index is 0.00703. The Morgan fingerprint density at radius 3 is 2.62 bits per heavy atom. The van der Waals surface area contributed by atoms with E-state index < -0.39 is 17.2 Å². The molecule has 6 nitrogen and oxygen atoms in total. The molecule has 0 radical (unpaired) electrons. The Kier molecular flexibility index (Phi) is 4.85. The van der Waals surface area contributed by atoms with Crippen LogP contribution in [0.15, 0.2) is 53.3 Å². The van der Waals surface area contributed by atoms with E-state index in [9.17, 15) is 18.7 Å². The lowest BCUT2D eigenvalue weighted by Gasteiger charge is -2.07. The first-order valence-electron chi connectivity index (χ1n) is 8.96. The molecule has 2 heterocycles. The first-order chi connectivity index (χ1) is 14.0. The van der Waals surface area contributed by atoms with Crippen LogP contribution in [0.2, 0.25) is 0 Å². The van der Waals surface area contributed by atoms with E-state index in [4.69, 9.17) is 4.74 Å². The van der Waals surface area contributed by atoms with Crippen molar-refractivity contribution >= 4 is 5.65 Å². The first kappa shape index (κ1) is 18.8. The second kappa shape index (κ2) is 7.48. The maximum absolute atomic E-state index is 14.6. The summed E-state index contributed by atoms with van der Waals surface area (Å²) in [6.45, 7) is 2.02. The molecule has 8 heteroatoms. The average molecular weight is 397 g/mol. The Morgan fingerprint density at radius 1 is 1.17 bits per heavy atom. The highest BCUT2D eigenvalue weighted by molar-refractivity contribution is 5.90. The monoisotopic (exact) mass is 397 g/mol. The second-order valence-electron chi connectivity index (χ2n) is 6.37. The molecule has 0 aliphatic heterocycles. The molecule has 4 aromatic rings. The molecule has 0 amide bonds. The molecule has 0 saturated carbocycles. The van der Waals surface area contributed by atoms with E-state index in [0.717, 1.165) is 16.6 Å². The highest BCUT2D eigenvalue weighted by Crippen LogP contribution is 2.36. The van der Waals surface area contributed by atoms with Crippen LogP contribution in [0.4, 0.5) is 8.78 Å². The molecule has 0 bridgehead atoms. The largest absolute Gasteiger partial charge is 0.494 e. The highest BCUT2D eigenvalue weighted by Gasteiger charge is 2.23. The molecule has 0 unspecified atom stereocenters. The van der Waals surface area contributed by atoms with Gasteiger partial charge in [-0.15, -0.1) is 0 Å². The molecule has 0 aliphatic carbocycles. The molecule has 4 rings (SSSR count). The Bertz CT molecular complexity index is 1250. The van der Waals surface area contributed by atoms with Gasteiger partial charge in [-0.2, -0.15) is 9.61 Å². The Morgan fingerprint density at radius 2 is 1.93 bits per heavy atom. The maximum Gasteiger partial charge on any atom is 0.283 e. The van der Waals surface area contributed by atoms with Crippen LogP contribution in [0, 0.1) is 11.6 Å². The van der Waals surface area contributed by atoms with E-state index in [2.05, 4.69) is 10.1 Å². The topological polar surface area (TPSA) is 79.6 Å². The van der Waals surface area contributed by atoms with Crippen molar-refractivity contribution in [1.82, 2.24) is 14.6 Å². The van der Waals surface area contributed by atoms with Crippen LogP contribution >= 0.6 is 0 Å². The van der Waals surface area contributed by atoms with Gasteiger partial charge in [0.05, 0.1) is 12.2 Å². The third-order valence-electron chi connectivity index (χ3n) is 4.56. The molecule has 0 fully saturated rings. The number of ether oxygens (including phenoxy) is 1. The SMILES string of the molecule is CCOCc1c(O)[nH]c2c(-c3ccc(F)cc3F)c(-c3ccccc3)nn2c1=O. The fourth-order valence-electron chi connectivity index (χ4n) is 3.18. The van der Waals surface area contributed by atoms with Crippen molar-refractivity contribution in [2.75, 3.05) is 6.61 Å². The zero-order valence-electron chi connectivity index (χ0n) is 15.4. The molecule has 0 spiro atoms. The number of benzene rings is 2. The number of halogens is 2. The molecule has 2 aromatic heterocycles. The van der Waals surface area contributed by atoms with E-state index in [-0.39, 0.29) is 34.8 Å². The molecule has 0 saturated heterocycles. The Balaban J connectivity index is 2.07. The average Bonchev–Trinajstić information content (AvgIpc) is 3.08. The summed E-state index contributed by atoms with van der Waals surface area (Å²) < 4.78 is 34.4. The van der Waals surface area contributed by atoms with Crippen LogP contribution in [0.3, 0.4) is 0 Å². The number of aromatic nitrogens is 3. The lowest BCUT2D eigenvalue weighted by atomic mass is 10.0. The van der Waals surface area contributed by atoms with Crippen molar-refractivity contribution in [1.29, 1.82) is 0 Å². The van der Waals surface area contributed by atoms with Crippen molar-refractivity contribution in [2.24, 2.45) is 0 Å². The molecule has 29 heavy (non-hydrogen) atoms. The minimum atomic E-state index is -0.809. The number of nitrogens with zero attached hydrogens (tertiary/aromatic N) is 2. The zero-order valence-corrected chi connectivity index (χ0v) is 15.4. The third kappa shape index (κ3) is 3.27. The molecule has 0 atom stereocenters. The van der Waals surface area contributed by atoms with Crippen molar-refractivity contribution in [3.05, 3.63) is 76.1 Å². The molecule has 0 aliphatic rings. The Labute approximate surface area is 164 Å². The number of H-pyrrole nitrogens is 1. The van der Waals surface area contributed by atoms with Crippen LogP contribution in [-0.2, 0) is 11.3 Å². The molecule has 2 N–H and O–H groups in total. The molecule has 2 aromatic carbocycles. The summed E-state index contributed by atoms with van der Waals surface area (Å²) in [7, 11) is 0. The van der Waals surface area contributed by atoms with Gasteiger partial charge in [0.1, 0.15) is 28.5 Å². The standard InChI is InChI=1S/C21H17F2N3O3/c1-2-29-11-15-20(27)24-19-17(14-9-8-13(22)10-16(14)23)18(25-26(19)21(15)28)12-6-4-3-5-7-12/h3-10,24,27H,2,11H2,1H3. The summed E-state index contributed by atoms with van der Waals surface area (Å²) >= 11 is 0. The second-order valence-corrected chi connectivity index (χ2v) is 6.37. The van der Waals surface area contributed by atoms with Gasteiger partial charge in [-0.3, -0.25) is 4.79 Å². The fraction of sp³-hybridized carbons (Fsp3) is 0.143. The molecular formula is C21H17F2N3O3. The summed E-state index contributed by atoms with van der Waals surface area (Å²) in [4.78, 5) is 15.6. The van der Waals surface area contributed by atoms with Gasteiger partial charge in [0.25, 0.3) is 5.56 Å². The Hall–Kier alpha value is -3.52. The van der Waals surface area contributed by atoms with E-state index in [1.165, 1.54) is 6.07 Å². The van der Waals surface area contributed by atoms with Gasteiger partial charge in [0.2, 0.25) is 5.88 Å². The van der Waals surface area contributed by atoms with Crippen molar-refractivity contribution < 1.29 is 18.6 Å². The van der Waals surface area contributed by atoms with Gasteiger partial charge in [-0.05, 0) is 19.1 Å². The summed E-state index contributed by atoms with van der Waals surface area (Å²) in [5.74, 6) is -1.92. The van der Waals surface area contributed by atoms with Crippen LogP contribution in [0.1, 0.15) is 12.5 Å². The normalized spacial score (nSPS) is 11.3. The van der Waals surface area contributed by atoms with Crippen LogP contribution in [-0.4, -0.2) is 26.3 Å². The number of aromatic hydroxyl groups is 1. The number of hydrogen-bond acceptors (Lipinski definition) is 4. The lowest BCUT2D eigenvalue weighted by Crippen LogP contribution is -2.21. The molecule has 148 valence electrons. The van der Waals surface area contributed by atoms with Gasteiger partial charge >= 0.3 is 0 Å².